The van der Waals surface area contributed by atoms with Crippen molar-refractivity contribution < 1.29 is 4.79 Å². The van der Waals surface area contributed by atoms with Crippen molar-refractivity contribution in [2.75, 3.05) is 0 Å². The highest BCUT2D eigenvalue weighted by Gasteiger charge is 2.24. The van der Waals surface area contributed by atoms with Gasteiger partial charge in [0.2, 0.25) is 0 Å². The zero-order chi connectivity index (χ0) is 27.8. The molecule has 0 radical (unpaired) electrons. The third-order valence-corrected chi connectivity index (χ3v) is 6.50. The average Bonchev–Trinajstić information content (AvgIpc) is 3.53. The maximum atomic E-state index is 14.1. The second kappa shape index (κ2) is 9.96. The molecule has 1 amide bonds. The van der Waals surface area contributed by atoms with Crippen molar-refractivity contribution in [3.63, 3.8) is 0 Å². The van der Waals surface area contributed by atoms with Crippen LogP contribution >= 0.6 is 0 Å². The normalized spacial score (nSPS) is 11.8. The highest BCUT2D eigenvalue weighted by atomic mass is 16.2. The molecule has 0 fully saturated rings. The number of carbonyl (C=O) groups is 1. The first kappa shape index (κ1) is 24.8. The van der Waals surface area contributed by atoms with Gasteiger partial charge in [0.1, 0.15) is 17.1 Å². The summed E-state index contributed by atoms with van der Waals surface area (Å²) in [4.78, 5) is 41.0. The summed E-state index contributed by atoms with van der Waals surface area (Å²) in [6, 6.07) is 15.7. The SMILES string of the molecule is Cc1nn2cccnc2c1C(=O)NC(C)c1nc2cccc(C#Cc3cn(C)cn3)c2c(=O)n1-c1ccccc1. The Morgan fingerprint density at radius 1 is 1.02 bits per heavy atom. The Bertz CT molecular complexity index is 2030. The number of carbonyl (C=O) groups excluding carboxylic acids is 1. The molecule has 196 valence electrons. The van der Waals surface area contributed by atoms with E-state index in [9.17, 15) is 9.59 Å². The second-order valence-corrected chi connectivity index (χ2v) is 9.36. The zero-order valence-corrected chi connectivity index (χ0v) is 22.0. The highest BCUT2D eigenvalue weighted by molar-refractivity contribution is 6.01. The minimum absolute atomic E-state index is 0.285. The van der Waals surface area contributed by atoms with Gasteiger partial charge in [-0.05, 0) is 50.1 Å². The number of rotatable bonds is 4. The van der Waals surface area contributed by atoms with Crippen LogP contribution in [-0.4, -0.2) is 39.6 Å². The number of benzene rings is 2. The van der Waals surface area contributed by atoms with Gasteiger partial charge >= 0.3 is 0 Å². The number of amides is 1. The van der Waals surface area contributed by atoms with Crippen LogP contribution in [0.4, 0.5) is 0 Å². The third kappa shape index (κ3) is 4.39. The number of hydrogen-bond donors (Lipinski definition) is 1. The lowest BCUT2D eigenvalue weighted by molar-refractivity contribution is 0.0938. The molecule has 0 saturated carbocycles. The lowest BCUT2D eigenvalue weighted by atomic mass is 10.1. The Morgan fingerprint density at radius 3 is 2.62 bits per heavy atom. The Labute approximate surface area is 229 Å². The first-order valence-corrected chi connectivity index (χ1v) is 12.6. The second-order valence-electron chi connectivity index (χ2n) is 9.36. The topological polar surface area (TPSA) is 112 Å². The largest absolute Gasteiger partial charge is 0.342 e. The molecule has 0 aliphatic rings. The van der Waals surface area contributed by atoms with E-state index in [0.29, 0.717) is 50.6 Å². The molecule has 0 aliphatic heterocycles. The molecule has 1 unspecified atom stereocenters. The molecule has 6 aromatic rings. The smallest absolute Gasteiger partial charge is 0.267 e. The van der Waals surface area contributed by atoms with Gasteiger partial charge in [-0.25, -0.2) is 19.5 Å². The summed E-state index contributed by atoms with van der Waals surface area (Å²) in [7, 11) is 1.87. The van der Waals surface area contributed by atoms with Gasteiger partial charge in [-0.3, -0.25) is 14.2 Å². The predicted octanol–water partition coefficient (Wildman–Crippen LogP) is 3.36. The number of para-hydroxylation sites is 1. The summed E-state index contributed by atoms with van der Waals surface area (Å²) < 4.78 is 4.90. The first-order valence-electron chi connectivity index (χ1n) is 12.6. The molecule has 10 heteroatoms. The Hall–Kier alpha value is -5.56. The van der Waals surface area contributed by atoms with Crippen molar-refractivity contribution in [1.82, 2.24) is 39.0 Å². The van der Waals surface area contributed by atoms with E-state index in [1.807, 2.05) is 54.2 Å². The van der Waals surface area contributed by atoms with Crippen molar-refractivity contribution in [2.24, 2.45) is 7.05 Å². The molecule has 6 rings (SSSR count). The van der Waals surface area contributed by atoms with E-state index in [4.69, 9.17) is 4.98 Å². The molecule has 10 nitrogen and oxygen atoms in total. The van der Waals surface area contributed by atoms with Gasteiger partial charge in [0.15, 0.2) is 5.65 Å². The van der Waals surface area contributed by atoms with Crippen molar-refractivity contribution in [3.05, 3.63) is 118 Å². The van der Waals surface area contributed by atoms with Crippen LogP contribution in [0.2, 0.25) is 0 Å². The molecular formula is C30H24N8O2. The fourth-order valence-electron chi connectivity index (χ4n) is 4.67. The van der Waals surface area contributed by atoms with Gasteiger partial charge in [-0.2, -0.15) is 5.10 Å². The summed E-state index contributed by atoms with van der Waals surface area (Å²) in [6.45, 7) is 3.56. The molecule has 2 aromatic carbocycles. The van der Waals surface area contributed by atoms with Crippen molar-refractivity contribution in [3.8, 4) is 17.5 Å². The van der Waals surface area contributed by atoms with E-state index in [2.05, 4.69) is 32.2 Å². The Balaban J connectivity index is 1.48. The molecule has 40 heavy (non-hydrogen) atoms. The lowest BCUT2D eigenvalue weighted by Gasteiger charge is -2.20. The summed E-state index contributed by atoms with van der Waals surface area (Å²) in [5, 5.41) is 7.78. The van der Waals surface area contributed by atoms with Gasteiger partial charge in [0.25, 0.3) is 11.5 Å². The molecule has 0 spiro atoms. The summed E-state index contributed by atoms with van der Waals surface area (Å²) in [5.41, 5.74) is 3.33. The standard InChI is InChI=1S/C30H24N8O2/c1-19-25(28-31-15-8-16-37(28)35-19)29(39)33-20(2)27-34-24-12-7-9-21(13-14-22-17-36(3)18-32-22)26(24)30(40)38(27)23-10-5-4-6-11-23/h4-12,15-18,20H,1-3H3,(H,33,39). The van der Waals surface area contributed by atoms with Crippen LogP contribution in [0.1, 0.15) is 46.1 Å². The summed E-state index contributed by atoms with van der Waals surface area (Å²) in [6.07, 6.45) is 6.83. The minimum Gasteiger partial charge on any atom is -0.342 e. The number of aromatic nitrogens is 7. The van der Waals surface area contributed by atoms with Crippen molar-refractivity contribution >= 4 is 22.5 Å². The first-order chi connectivity index (χ1) is 19.4. The number of imidazole rings is 1. The van der Waals surface area contributed by atoms with Crippen LogP contribution in [-0.2, 0) is 7.05 Å². The van der Waals surface area contributed by atoms with Gasteiger partial charge < -0.3 is 9.88 Å². The molecule has 0 saturated heterocycles. The predicted molar refractivity (Wildman–Crippen MR) is 150 cm³/mol. The molecule has 4 heterocycles. The molecule has 1 N–H and O–H groups in total. The van der Waals surface area contributed by atoms with Crippen LogP contribution in [0.15, 0.2) is 84.3 Å². The van der Waals surface area contributed by atoms with E-state index >= 15 is 0 Å². The van der Waals surface area contributed by atoms with Crippen LogP contribution in [0.5, 0.6) is 0 Å². The van der Waals surface area contributed by atoms with Crippen LogP contribution in [0.25, 0.3) is 22.2 Å². The molecular weight excluding hydrogens is 504 g/mol. The third-order valence-electron chi connectivity index (χ3n) is 6.50. The van der Waals surface area contributed by atoms with E-state index in [1.54, 1.807) is 55.3 Å². The Morgan fingerprint density at radius 2 is 1.85 bits per heavy atom. The van der Waals surface area contributed by atoms with E-state index in [-0.39, 0.29) is 11.5 Å². The minimum atomic E-state index is -0.633. The maximum absolute atomic E-state index is 14.1. The zero-order valence-electron chi connectivity index (χ0n) is 22.0. The van der Waals surface area contributed by atoms with E-state index < -0.39 is 6.04 Å². The molecule has 4 aromatic heterocycles. The molecule has 0 aliphatic carbocycles. The van der Waals surface area contributed by atoms with Gasteiger partial charge in [-0.1, -0.05) is 30.2 Å². The quantitative estimate of drug-likeness (QED) is 0.351. The van der Waals surface area contributed by atoms with Gasteiger partial charge in [0.05, 0.1) is 34.7 Å². The Kier molecular flexibility index (Phi) is 6.16. The summed E-state index contributed by atoms with van der Waals surface area (Å²) in [5.74, 6) is 6.15. The fourth-order valence-corrected chi connectivity index (χ4v) is 4.67. The number of fused-ring (bicyclic) bond motifs is 2. The van der Waals surface area contributed by atoms with Gasteiger partial charge in [0, 0.05) is 31.2 Å². The average molecular weight is 529 g/mol. The van der Waals surface area contributed by atoms with Crippen LogP contribution in [0.3, 0.4) is 0 Å². The van der Waals surface area contributed by atoms with E-state index in [1.165, 1.54) is 4.57 Å². The van der Waals surface area contributed by atoms with Crippen LogP contribution in [0, 0.1) is 18.8 Å². The van der Waals surface area contributed by atoms with Crippen LogP contribution < -0.4 is 10.9 Å². The monoisotopic (exact) mass is 528 g/mol. The van der Waals surface area contributed by atoms with Crippen molar-refractivity contribution in [2.45, 2.75) is 19.9 Å². The van der Waals surface area contributed by atoms with Crippen molar-refractivity contribution in [1.29, 1.82) is 0 Å². The summed E-state index contributed by atoms with van der Waals surface area (Å²) >= 11 is 0. The lowest BCUT2D eigenvalue weighted by Crippen LogP contribution is -2.33. The number of nitrogens with one attached hydrogen (secondary N) is 1. The number of aryl methyl sites for hydroxylation is 2. The van der Waals surface area contributed by atoms with E-state index in [0.717, 1.165) is 0 Å². The highest BCUT2D eigenvalue weighted by Crippen LogP contribution is 2.21. The molecule has 0 bridgehead atoms. The number of hydrogen-bond acceptors (Lipinski definition) is 6. The fraction of sp³-hybridized carbons (Fsp3) is 0.133. The maximum Gasteiger partial charge on any atom is 0.267 e. The van der Waals surface area contributed by atoms with Gasteiger partial charge in [-0.15, -0.1) is 0 Å². The number of nitrogens with zero attached hydrogens (tertiary/aromatic N) is 7. The molecule has 1 atom stereocenters.